The second-order valence-corrected chi connectivity index (χ2v) is 4.30. The summed E-state index contributed by atoms with van der Waals surface area (Å²) in [5.74, 6) is 0.974. The number of alkyl halides is 3. The molecule has 0 radical (unpaired) electrons. The highest BCUT2D eigenvalue weighted by Gasteiger charge is 2.33. The molecule has 0 aliphatic rings. The molecule has 0 atom stereocenters. The lowest BCUT2D eigenvalue weighted by molar-refractivity contribution is -0.141. The third-order valence-electron chi connectivity index (χ3n) is 2.69. The highest BCUT2D eigenvalue weighted by atomic mass is 19.4. The molecule has 4 nitrogen and oxygen atoms in total. The summed E-state index contributed by atoms with van der Waals surface area (Å²) in [5.41, 5.74) is -0.927. The second kappa shape index (κ2) is 5.98. The van der Waals surface area contributed by atoms with E-state index in [4.69, 9.17) is 0 Å². The first-order valence-corrected chi connectivity index (χ1v) is 6.35. The summed E-state index contributed by atoms with van der Waals surface area (Å²) < 4.78 is 38.6. The molecule has 0 spiro atoms. The van der Waals surface area contributed by atoms with Gasteiger partial charge in [-0.2, -0.15) is 18.3 Å². The first kappa shape index (κ1) is 14.4. The lowest BCUT2D eigenvalue weighted by Crippen LogP contribution is -2.10. The van der Waals surface area contributed by atoms with Gasteiger partial charge in [0.15, 0.2) is 11.5 Å². The van der Waals surface area contributed by atoms with Crippen molar-refractivity contribution in [1.82, 2.24) is 14.8 Å². The maximum atomic E-state index is 12.5. The predicted octanol–water partition coefficient (Wildman–Crippen LogP) is 2.88. The fourth-order valence-corrected chi connectivity index (χ4v) is 1.65. The summed E-state index contributed by atoms with van der Waals surface area (Å²) in [6, 6.07) is 6.04. The Morgan fingerprint density at radius 2 is 2.10 bits per heavy atom. The molecule has 0 saturated carbocycles. The van der Waals surface area contributed by atoms with Gasteiger partial charge < -0.3 is 5.23 Å². The predicted molar refractivity (Wildman–Crippen MR) is 72.2 cm³/mol. The van der Waals surface area contributed by atoms with Crippen molar-refractivity contribution in [3.63, 3.8) is 0 Å². The molecular formula is C12H14BF3N4. The van der Waals surface area contributed by atoms with Crippen LogP contribution >= 0.6 is 0 Å². The summed E-state index contributed by atoms with van der Waals surface area (Å²) in [6.07, 6.45) is -1.13. The molecule has 8 heteroatoms. The number of rotatable bonds is 5. The molecule has 0 aromatic carbocycles. The van der Waals surface area contributed by atoms with Crippen molar-refractivity contribution in [1.29, 1.82) is 0 Å². The van der Waals surface area contributed by atoms with Gasteiger partial charge in [0.1, 0.15) is 5.82 Å². The topological polar surface area (TPSA) is 42.7 Å². The molecule has 0 aliphatic carbocycles. The Balaban J connectivity index is 2.16. The molecule has 0 bridgehead atoms. The molecule has 0 aliphatic heterocycles. The van der Waals surface area contributed by atoms with Gasteiger partial charge >= 0.3 is 6.18 Å². The van der Waals surface area contributed by atoms with Crippen molar-refractivity contribution in [2.75, 3.05) is 5.23 Å². The van der Waals surface area contributed by atoms with E-state index < -0.39 is 11.9 Å². The minimum atomic E-state index is -4.44. The van der Waals surface area contributed by atoms with Crippen molar-refractivity contribution in [3.05, 3.63) is 36.2 Å². The number of nitrogens with zero attached hydrogens (tertiary/aromatic N) is 3. The van der Waals surface area contributed by atoms with E-state index in [1.807, 2.05) is 0 Å². The van der Waals surface area contributed by atoms with Crippen LogP contribution in [0.2, 0.25) is 6.32 Å². The van der Waals surface area contributed by atoms with Crippen LogP contribution in [0.15, 0.2) is 30.5 Å². The van der Waals surface area contributed by atoms with Crippen LogP contribution in [-0.2, 0) is 6.18 Å². The van der Waals surface area contributed by atoms with E-state index in [2.05, 4.69) is 22.2 Å². The lowest BCUT2D eigenvalue weighted by atomic mass is 9.88. The zero-order valence-electron chi connectivity index (χ0n) is 11.0. The normalized spacial score (nSPS) is 11.4. The SMILES string of the molecule is CCCBNc1cccc(-n2ccc(C(F)(F)F)n2)n1. The number of nitrogens with one attached hydrogen (secondary N) is 1. The lowest BCUT2D eigenvalue weighted by Gasteiger charge is -2.06. The van der Waals surface area contributed by atoms with Gasteiger partial charge in [-0.3, -0.25) is 0 Å². The van der Waals surface area contributed by atoms with Gasteiger partial charge in [-0.05, 0) is 18.2 Å². The summed E-state index contributed by atoms with van der Waals surface area (Å²) >= 11 is 0. The van der Waals surface area contributed by atoms with Crippen molar-refractivity contribution in [2.24, 2.45) is 0 Å². The molecule has 106 valence electrons. The summed E-state index contributed by atoms with van der Waals surface area (Å²) in [7, 11) is 0.778. The second-order valence-electron chi connectivity index (χ2n) is 4.30. The zero-order valence-corrected chi connectivity index (χ0v) is 11.0. The molecule has 0 amide bonds. The molecule has 20 heavy (non-hydrogen) atoms. The van der Waals surface area contributed by atoms with Gasteiger partial charge in [0, 0.05) is 6.20 Å². The number of pyridine rings is 1. The number of halogens is 3. The Morgan fingerprint density at radius 3 is 2.75 bits per heavy atom. The third-order valence-corrected chi connectivity index (χ3v) is 2.69. The van der Waals surface area contributed by atoms with Crippen LogP contribution in [0.5, 0.6) is 0 Å². The average Bonchev–Trinajstić information content (AvgIpc) is 2.89. The largest absolute Gasteiger partial charge is 0.435 e. The van der Waals surface area contributed by atoms with E-state index in [9.17, 15) is 13.2 Å². The zero-order chi connectivity index (χ0) is 14.6. The van der Waals surface area contributed by atoms with Gasteiger partial charge in [-0.1, -0.05) is 25.7 Å². The van der Waals surface area contributed by atoms with Crippen molar-refractivity contribution < 1.29 is 13.2 Å². The standard InChI is InChI=1S/C12H14BF3N4/c1-2-7-13-18-10-4-3-5-11(17-10)20-8-6-9(19-20)12(14,15)16/h3-6,8,13H,2,7H2,1H3,(H,17,18). The van der Waals surface area contributed by atoms with Crippen molar-refractivity contribution in [2.45, 2.75) is 25.8 Å². The Morgan fingerprint density at radius 1 is 1.30 bits per heavy atom. The van der Waals surface area contributed by atoms with E-state index >= 15 is 0 Å². The minimum Gasteiger partial charge on any atom is -0.416 e. The van der Waals surface area contributed by atoms with E-state index in [0.717, 1.165) is 30.9 Å². The molecule has 0 fully saturated rings. The fraction of sp³-hybridized carbons (Fsp3) is 0.333. The molecule has 0 saturated heterocycles. The van der Waals surface area contributed by atoms with Gasteiger partial charge in [-0.25, -0.2) is 9.67 Å². The van der Waals surface area contributed by atoms with Crippen LogP contribution in [0.25, 0.3) is 5.82 Å². The maximum Gasteiger partial charge on any atom is 0.435 e. The summed E-state index contributed by atoms with van der Waals surface area (Å²) in [6.45, 7) is 2.08. The average molecular weight is 282 g/mol. The molecule has 1 N–H and O–H groups in total. The van der Waals surface area contributed by atoms with Crippen molar-refractivity contribution >= 4 is 13.2 Å². The first-order chi connectivity index (χ1) is 9.50. The fourth-order valence-electron chi connectivity index (χ4n) is 1.65. The van der Waals surface area contributed by atoms with Gasteiger partial charge in [-0.15, -0.1) is 0 Å². The molecule has 2 aromatic rings. The molecule has 2 aromatic heterocycles. The van der Waals surface area contributed by atoms with Crippen molar-refractivity contribution in [3.8, 4) is 5.82 Å². The number of aromatic nitrogens is 3. The minimum absolute atomic E-state index is 0.349. The van der Waals surface area contributed by atoms with E-state index in [1.54, 1.807) is 18.2 Å². The Hall–Kier alpha value is -1.99. The van der Waals surface area contributed by atoms with E-state index in [1.165, 1.54) is 6.20 Å². The smallest absolute Gasteiger partial charge is 0.416 e. The summed E-state index contributed by atoms with van der Waals surface area (Å²) in [4.78, 5) is 4.23. The highest BCUT2D eigenvalue weighted by Crippen LogP contribution is 2.27. The molecule has 0 unspecified atom stereocenters. The Kier molecular flexibility index (Phi) is 4.31. The van der Waals surface area contributed by atoms with Gasteiger partial charge in [0.25, 0.3) is 0 Å². The van der Waals surface area contributed by atoms with Crippen LogP contribution in [0.4, 0.5) is 19.0 Å². The van der Waals surface area contributed by atoms with Gasteiger partial charge in [0.2, 0.25) is 7.41 Å². The number of hydrogen-bond donors (Lipinski definition) is 1. The number of hydrogen-bond acceptors (Lipinski definition) is 3. The molecular weight excluding hydrogens is 268 g/mol. The van der Waals surface area contributed by atoms with Crippen LogP contribution in [0, 0.1) is 0 Å². The summed E-state index contributed by atoms with van der Waals surface area (Å²) in [5, 5.41) is 6.61. The quantitative estimate of drug-likeness (QED) is 0.677. The monoisotopic (exact) mass is 282 g/mol. The Labute approximate surface area is 115 Å². The van der Waals surface area contributed by atoms with Crippen LogP contribution < -0.4 is 5.23 Å². The first-order valence-electron chi connectivity index (χ1n) is 6.35. The van der Waals surface area contributed by atoms with Crippen LogP contribution in [0.1, 0.15) is 19.0 Å². The highest BCUT2D eigenvalue weighted by molar-refractivity contribution is 6.40. The van der Waals surface area contributed by atoms with Crippen LogP contribution in [0.3, 0.4) is 0 Å². The van der Waals surface area contributed by atoms with Gasteiger partial charge in [0.05, 0.1) is 0 Å². The third kappa shape index (κ3) is 3.52. The Bertz CT molecular complexity index is 568. The number of anilines is 1. The molecule has 2 rings (SSSR count). The maximum absolute atomic E-state index is 12.5. The molecule has 2 heterocycles. The van der Waals surface area contributed by atoms with Crippen LogP contribution in [-0.4, -0.2) is 22.2 Å². The van der Waals surface area contributed by atoms with E-state index in [-0.39, 0.29) is 0 Å². The van der Waals surface area contributed by atoms with E-state index in [0.29, 0.717) is 11.6 Å².